The molecule has 1 aromatic carbocycles. The summed E-state index contributed by atoms with van der Waals surface area (Å²) in [5, 5.41) is 19.8. The maximum absolute atomic E-state index is 11.0. The number of aliphatic carboxylic acids is 1. The first kappa shape index (κ1) is 11.7. The van der Waals surface area contributed by atoms with Crippen LogP contribution in [-0.4, -0.2) is 16.2 Å². The molecular weight excluding hydrogens is 251 g/mol. The summed E-state index contributed by atoms with van der Waals surface area (Å²) in [6.07, 6.45) is -0.0483. The van der Waals surface area contributed by atoms with Crippen LogP contribution in [0, 0.1) is 5.41 Å². The Morgan fingerprint density at radius 2 is 1.94 bits per heavy atom. The van der Waals surface area contributed by atoms with Crippen molar-refractivity contribution in [3.05, 3.63) is 33.8 Å². The van der Waals surface area contributed by atoms with Crippen LogP contribution < -0.4 is 0 Å². The molecule has 16 heavy (non-hydrogen) atoms. The summed E-state index contributed by atoms with van der Waals surface area (Å²) in [7, 11) is 0. The second-order valence-corrected chi connectivity index (χ2v) is 4.85. The fourth-order valence-electron chi connectivity index (χ4n) is 1.74. The Balaban J connectivity index is 2.31. The number of carbonyl (C=O) groups is 1. The number of hydrogen-bond donors (Lipinski definition) is 2. The van der Waals surface area contributed by atoms with Crippen molar-refractivity contribution in [2.24, 2.45) is 5.41 Å². The summed E-state index contributed by atoms with van der Waals surface area (Å²) in [6.45, 7) is 0. The van der Waals surface area contributed by atoms with Gasteiger partial charge in [0.05, 0.1) is 21.6 Å². The second kappa shape index (κ2) is 3.91. The highest BCUT2D eigenvalue weighted by Gasteiger charge is 2.56. The maximum Gasteiger partial charge on any atom is 0.312 e. The first-order valence-electron chi connectivity index (χ1n) is 4.84. The number of benzene rings is 1. The van der Waals surface area contributed by atoms with Crippen LogP contribution in [0.2, 0.25) is 10.0 Å². The predicted octanol–water partition coefficient (Wildman–Crippen LogP) is 2.89. The Morgan fingerprint density at radius 3 is 2.38 bits per heavy atom. The molecule has 0 aromatic heterocycles. The number of halogens is 2. The standard InChI is InChI=1S/C11H10Cl2O3/c12-7-2-1-6(5-8(7)13)9(14)11(3-4-11)10(15)16/h1-2,5,9,14H,3-4H2,(H,15,16). The summed E-state index contributed by atoms with van der Waals surface area (Å²) >= 11 is 11.6. The largest absolute Gasteiger partial charge is 0.481 e. The van der Waals surface area contributed by atoms with Gasteiger partial charge in [0.1, 0.15) is 0 Å². The summed E-state index contributed by atoms with van der Waals surface area (Å²) in [4.78, 5) is 11.0. The van der Waals surface area contributed by atoms with Gasteiger partial charge in [-0.3, -0.25) is 4.79 Å². The molecule has 0 radical (unpaired) electrons. The third-order valence-corrected chi connectivity index (χ3v) is 3.74. The smallest absolute Gasteiger partial charge is 0.312 e. The van der Waals surface area contributed by atoms with Crippen LogP contribution in [0.1, 0.15) is 24.5 Å². The lowest BCUT2D eigenvalue weighted by Gasteiger charge is -2.18. The van der Waals surface area contributed by atoms with Crippen LogP contribution in [-0.2, 0) is 4.79 Å². The molecule has 1 atom stereocenters. The number of aliphatic hydroxyl groups excluding tert-OH is 1. The molecule has 1 fully saturated rings. The van der Waals surface area contributed by atoms with Crippen LogP contribution in [0.3, 0.4) is 0 Å². The molecule has 1 aliphatic rings. The Morgan fingerprint density at radius 1 is 1.31 bits per heavy atom. The van der Waals surface area contributed by atoms with E-state index in [0.717, 1.165) is 0 Å². The van der Waals surface area contributed by atoms with E-state index in [0.29, 0.717) is 28.5 Å². The third kappa shape index (κ3) is 1.79. The van der Waals surface area contributed by atoms with Crippen molar-refractivity contribution < 1.29 is 15.0 Å². The van der Waals surface area contributed by atoms with Gasteiger partial charge in [-0.25, -0.2) is 0 Å². The Bertz CT molecular complexity index is 441. The van der Waals surface area contributed by atoms with Crippen LogP contribution in [0.15, 0.2) is 18.2 Å². The fraction of sp³-hybridized carbons (Fsp3) is 0.364. The minimum Gasteiger partial charge on any atom is -0.481 e. The average Bonchev–Trinajstić information content (AvgIpc) is 3.02. The number of carboxylic acid groups (broad SMARTS) is 1. The van der Waals surface area contributed by atoms with Crippen LogP contribution in [0.5, 0.6) is 0 Å². The zero-order chi connectivity index (χ0) is 11.9. The average molecular weight is 261 g/mol. The fourth-order valence-corrected chi connectivity index (χ4v) is 2.05. The van der Waals surface area contributed by atoms with Crippen molar-refractivity contribution in [1.82, 2.24) is 0 Å². The van der Waals surface area contributed by atoms with E-state index in [1.165, 1.54) is 6.07 Å². The molecule has 1 unspecified atom stereocenters. The Kier molecular flexibility index (Phi) is 2.86. The van der Waals surface area contributed by atoms with Crippen molar-refractivity contribution in [3.8, 4) is 0 Å². The monoisotopic (exact) mass is 260 g/mol. The maximum atomic E-state index is 11.0. The molecule has 0 amide bonds. The number of hydrogen-bond acceptors (Lipinski definition) is 2. The minimum atomic E-state index is -1.03. The minimum absolute atomic E-state index is 0.319. The first-order valence-corrected chi connectivity index (χ1v) is 5.59. The van der Waals surface area contributed by atoms with Crippen LogP contribution in [0.4, 0.5) is 0 Å². The summed E-state index contributed by atoms with van der Waals surface area (Å²) in [6, 6.07) is 4.67. The SMILES string of the molecule is O=C(O)C1(C(O)c2ccc(Cl)c(Cl)c2)CC1. The van der Waals surface area contributed by atoms with Gasteiger partial charge in [-0.05, 0) is 30.5 Å². The summed E-state index contributed by atoms with van der Waals surface area (Å²) < 4.78 is 0. The molecule has 0 saturated heterocycles. The highest BCUT2D eigenvalue weighted by molar-refractivity contribution is 6.42. The molecule has 2 rings (SSSR count). The first-order chi connectivity index (χ1) is 7.47. The number of carboxylic acids is 1. The molecule has 5 heteroatoms. The van der Waals surface area contributed by atoms with Crippen molar-refractivity contribution in [2.45, 2.75) is 18.9 Å². The van der Waals surface area contributed by atoms with Crippen molar-refractivity contribution >= 4 is 29.2 Å². The van der Waals surface area contributed by atoms with E-state index in [2.05, 4.69) is 0 Å². The van der Waals surface area contributed by atoms with Crippen molar-refractivity contribution in [2.75, 3.05) is 0 Å². The van der Waals surface area contributed by atoms with E-state index >= 15 is 0 Å². The molecule has 0 spiro atoms. The van der Waals surface area contributed by atoms with Crippen LogP contribution >= 0.6 is 23.2 Å². The van der Waals surface area contributed by atoms with E-state index in [1.54, 1.807) is 12.1 Å². The van der Waals surface area contributed by atoms with Crippen molar-refractivity contribution in [1.29, 1.82) is 0 Å². The Labute approximate surface area is 103 Å². The number of aliphatic hydroxyl groups is 1. The van der Waals surface area contributed by atoms with Gasteiger partial charge in [0.25, 0.3) is 0 Å². The molecule has 0 aliphatic heterocycles. The normalized spacial score (nSPS) is 19.2. The second-order valence-electron chi connectivity index (χ2n) is 4.04. The molecular formula is C11H10Cl2O3. The number of rotatable bonds is 3. The van der Waals surface area contributed by atoms with E-state index < -0.39 is 17.5 Å². The summed E-state index contributed by atoms with van der Waals surface area (Å²) in [5.41, 5.74) is -0.536. The van der Waals surface area contributed by atoms with Gasteiger partial charge in [-0.2, -0.15) is 0 Å². The van der Waals surface area contributed by atoms with Crippen molar-refractivity contribution in [3.63, 3.8) is 0 Å². The lowest BCUT2D eigenvalue weighted by Crippen LogP contribution is -2.23. The van der Waals surface area contributed by atoms with Gasteiger partial charge in [-0.15, -0.1) is 0 Å². The van der Waals surface area contributed by atoms with Gasteiger partial charge in [0, 0.05) is 0 Å². The summed E-state index contributed by atoms with van der Waals surface area (Å²) in [5.74, 6) is -0.967. The molecule has 86 valence electrons. The molecule has 0 bridgehead atoms. The topological polar surface area (TPSA) is 57.5 Å². The zero-order valence-corrected chi connectivity index (χ0v) is 9.79. The van der Waals surface area contributed by atoms with Gasteiger partial charge >= 0.3 is 5.97 Å². The lowest BCUT2D eigenvalue weighted by molar-refractivity contribution is -0.148. The Hall–Kier alpha value is -0.770. The highest BCUT2D eigenvalue weighted by atomic mass is 35.5. The van der Waals surface area contributed by atoms with E-state index in [-0.39, 0.29) is 0 Å². The third-order valence-electron chi connectivity index (χ3n) is 3.00. The quantitative estimate of drug-likeness (QED) is 0.879. The lowest BCUT2D eigenvalue weighted by atomic mass is 9.93. The van der Waals surface area contributed by atoms with Gasteiger partial charge < -0.3 is 10.2 Å². The van der Waals surface area contributed by atoms with Gasteiger partial charge in [0.2, 0.25) is 0 Å². The molecule has 2 N–H and O–H groups in total. The molecule has 1 aromatic rings. The van der Waals surface area contributed by atoms with E-state index in [9.17, 15) is 9.90 Å². The molecule has 3 nitrogen and oxygen atoms in total. The predicted molar refractivity (Wildman–Crippen MR) is 60.7 cm³/mol. The van der Waals surface area contributed by atoms with Gasteiger partial charge in [0.15, 0.2) is 0 Å². The molecule has 1 saturated carbocycles. The van der Waals surface area contributed by atoms with Gasteiger partial charge in [-0.1, -0.05) is 29.3 Å². The molecule has 1 aliphatic carbocycles. The highest BCUT2D eigenvalue weighted by Crippen LogP contribution is 2.55. The van der Waals surface area contributed by atoms with E-state index in [1.807, 2.05) is 0 Å². The van der Waals surface area contributed by atoms with Crippen LogP contribution in [0.25, 0.3) is 0 Å². The zero-order valence-electron chi connectivity index (χ0n) is 8.28. The molecule has 0 heterocycles. The van der Waals surface area contributed by atoms with E-state index in [4.69, 9.17) is 28.3 Å².